The Morgan fingerprint density at radius 1 is 1.19 bits per heavy atom. The van der Waals surface area contributed by atoms with Gasteiger partial charge >= 0.3 is 0 Å². The molecule has 1 heterocycles. The maximum atomic E-state index is 10.6. The third-order valence-electron chi connectivity index (χ3n) is 6.75. The molecule has 6 nitrogen and oxygen atoms in total. The van der Waals surface area contributed by atoms with Crippen LogP contribution in [-0.4, -0.2) is 68.0 Å². The molecule has 3 N–H and O–H groups in total. The van der Waals surface area contributed by atoms with Gasteiger partial charge in [-0.3, -0.25) is 9.89 Å². The predicted molar refractivity (Wildman–Crippen MR) is 127 cm³/mol. The van der Waals surface area contributed by atoms with E-state index in [2.05, 4.69) is 53.6 Å². The van der Waals surface area contributed by atoms with Crippen LogP contribution in [0.2, 0.25) is 0 Å². The Hall–Kier alpha value is -1.63. The highest BCUT2D eigenvalue weighted by atomic mass is 16.5. The number of hydrogen-bond acceptors (Lipinski definition) is 4. The smallest absolute Gasteiger partial charge is 0.191 e. The Kier molecular flexibility index (Phi) is 9.62. The zero-order chi connectivity index (χ0) is 21.9. The summed E-state index contributed by atoms with van der Waals surface area (Å²) in [6.07, 6.45) is 6.79. The highest BCUT2D eigenvalue weighted by molar-refractivity contribution is 5.79. The summed E-state index contributed by atoms with van der Waals surface area (Å²) >= 11 is 0. The molecule has 1 aliphatic heterocycles. The van der Waals surface area contributed by atoms with Gasteiger partial charge in [0.05, 0.1) is 6.10 Å². The van der Waals surface area contributed by atoms with Gasteiger partial charge in [-0.05, 0) is 56.1 Å². The Labute approximate surface area is 188 Å². The van der Waals surface area contributed by atoms with E-state index < -0.39 is 6.10 Å². The molecular weight excluding hydrogens is 388 g/mol. The topological polar surface area (TPSA) is 69.1 Å². The lowest BCUT2D eigenvalue weighted by molar-refractivity contribution is 0.106. The second-order valence-electron chi connectivity index (χ2n) is 9.14. The Balaban J connectivity index is 1.48. The standard InChI is InChI=1S/C25H42N4O2/c1-3-26-24(28-20-25(12-7-8-13-25)14-16-31-4-2)27-17-23(30)19-29-15-11-21-9-5-6-10-22(21)18-29/h5-6,9-10,23,30H,3-4,7-8,11-20H2,1-2H3,(H2,26,27,28). The molecular formula is C25H42N4O2. The minimum Gasteiger partial charge on any atom is -0.390 e. The lowest BCUT2D eigenvalue weighted by atomic mass is 9.83. The van der Waals surface area contributed by atoms with Crippen molar-refractivity contribution in [1.29, 1.82) is 0 Å². The molecule has 1 atom stereocenters. The first-order chi connectivity index (χ1) is 15.1. The van der Waals surface area contributed by atoms with Gasteiger partial charge < -0.3 is 20.5 Å². The van der Waals surface area contributed by atoms with Gasteiger partial charge in [-0.1, -0.05) is 37.1 Å². The molecule has 0 saturated heterocycles. The summed E-state index contributed by atoms with van der Waals surface area (Å²) in [4.78, 5) is 7.26. The predicted octanol–water partition coefficient (Wildman–Crippen LogP) is 2.95. The van der Waals surface area contributed by atoms with Crippen molar-refractivity contribution < 1.29 is 9.84 Å². The molecule has 1 aliphatic carbocycles. The van der Waals surface area contributed by atoms with Crippen LogP contribution in [0.25, 0.3) is 0 Å². The third-order valence-corrected chi connectivity index (χ3v) is 6.75. The molecule has 1 fully saturated rings. The van der Waals surface area contributed by atoms with Gasteiger partial charge in [0, 0.05) is 52.5 Å². The number of nitrogens with zero attached hydrogens (tertiary/aromatic N) is 2. The van der Waals surface area contributed by atoms with Crippen LogP contribution in [0.4, 0.5) is 0 Å². The fourth-order valence-corrected chi connectivity index (χ4v) is 4.92. The summed E-state index contributed by atoms with van der Waals surface area (Å²) in [7, 11) is 0. The van der Waals surface area contributed by atoms with Crippen LogP contribution in [0.3, 0.4) is 0 Å². The van der Waals surface area contributed by atoms with E-state index in [-0.39, 0.29) is 5.41 Å². The van der Waals surface area contributed by atoms with E-state index in [1.54, 1.807) is 0 Å². The lowest BCUT2D eigenvalue weighted by Crippen LogP contribution is -2.45. The van der Waals surface area contributed by atoms with Crippen molar-refractivity contribution in [2.45, 2.75) is 65.0 Å². The molecule has 31 heavy (non-hydrogen) atoms. The summed E-state index contributed by atoms with van der Waals surface area (Å²) in [5.41, 5.74) is 3.10. The van der Waals surface area contributed by atoms with Gasteiger partial charge in [-0.2, -0.15) is 0 Å². The number of nitrogens with one attached hydrogen (secondary N) is 2. The van der Waals surface area contributed by atoms with Gasteiger partial charge in [0.2, 0.25) is 0 Å². The zero-order valence-electron chi connectivity index (χ0n) is 19.5. The van der Waals surface area contributed by atoms with Crippen molar-refractivity contribution in [1.82, 2.24) is 15.5 Å². The number of guanidine groups is 1. The Bertz CT molecular complexity index is 688. The molecule has 1 aromatic carbocycles. The number of aliphatic hydroxyl groups is 1. The van der Waals surface area contributed by atoms with Crippen molar-refractivity contribution in [3.63, 3.8) is 0 Å². The molecule has 0 bridgehead atoms. The molecule has 1 saturated carbocycles. The lowest BCUT2D eigenvalue weighted by Gasteiger charge is -2.30. The normalized spacial score (nSPS) is 19.8. The monoisotopic (exact) mass is 430 g/mol. The Morgan fingerprint density at radius 3 is 2.71 bits per heavy atom. The van der Waals surface area contributed by atoms with Crippen LogP contribution in [0.5, 0.6) is 0 Å². The van der Waals surface area contributed by atoms with E-state index in [1.807, 2.05) is 0 Å². The van der Waals surface area contributed by atoms with Crippen LogP contribution < -0.4 is 10.6 Å². The van der Waals surface area contributed by atoms with E-state index >= 15 is 0 Å². The molecule has 1 aromatic rings. The molecule has 1 unspecified atom stereocenters. The largest absolute Gasteiger partial charge is 0.390 e. The molecule has 0 spiro atoms. The van der Waals surface area contributed by atoms with E-state index in [0.717, 1.165) is 58.2 Å². The highest BCUT2D eigenvalue weighted by Gasteiger charge is 2.33. The number of aliphatic imine (C=N–C) groups is 1. The van der Waals surface area contributed by atoms with Crippen molar-refractivity contribution in [3.05, 3.63) is 35.4 Å². The molecule has 0 aromatic heterocycles. The molecule has 2 aliphatic rings. The minimum atomic E-state index is -0.424. The molecule has 174 valence electrons. The highest BCUT2D eigenvalue weighted by Crippen LogP contribution is 2.41. The third kappa shape index (κ3) is 7.48. The average Bonchev–Trinajstić information content (AvgIpc) is 3.25. The first-order valence-corrected chi connectivity index (χ1v) is 12.2. The molecule has 0 amide bonds. The summed E-state index contributed by atoms with van der Waals surface area (Å²) in [5, 5.41) is 17.4. The minimum absolute atomic E-state index is 0.275. The van der Waals surface area contributed by atoms with E-state index in [9.17, 15) is 5.11 Å². The van der Waals surface area contributed by atoms with Crippen LogP contribution in [0.1, 0.15) is 57.1 Å². The number of β-amino-alcohol motifs (C(OH)–C–C–N with tert-alkyl or cyclic N) is 1. The summed E-state index contributed by atoms with van der Waals surface area (Å²) in [5.74, 6) is 0.813. The average molecular weight is 431 g/mol. The van der Waals surface area contributed by atoms with Gasteiger partial charge in [0.15, 0.2) is 5.96 Å². The second kappa shape index (κ2) is 12.4. The van der Waals surface area contributed by atoms with Crippen molar-refractivity contribution in [2.75, 3.05) is 45.9 Å². The van der Waals surface area contributed by atoms with Gasteiger partial charge in [0.1, 0.15) is 0 Å². The fraction of sp³-hybridized carbons (Fsp3) is 0.720. The molecule has 0 radical (unpaired) electrons. The summed E-state index contributed by atoms with van der Waals surface area (Å²) in [6.45, 7) is 10.5. The maximum absolute atomic E-state index is 10.6. The van der Waals surface area contributed by atoms with Crippen LogP contribution in [0, 0.1) is 5.41 Å². The van der Waals surface area contributed by atoms with Crippen molar-refractivity contribution >= 4 is 5.96 Å². The SMILES string of the molecule is CCNC(=NCC1(CCOCC)CCCC1)NCC(O)CN1CCc2ccccc2C1. The van der Waals surface area contributed by atoms with Gasteiger partial charge in [-0.15, -0.1) is 0 Å². The van der Waals surface area contributed by atoms with Crippen molar-refractivity contribution in [3.8, 4) is 0 Å². The van der Waals surface area contributed by atoms with Gasteiger partial charge in [-0.25, -0.2) is 0 Å². The fourth-order valence-electron chi connectivity index (χ4n) is 4.92. The molecule has 3 rings (SSSR count). The quantitative estimate of drug-likeness (QED) is 0.286. The Morgan fingerprint density at radius 2 is 1.97 bits per heavy atom. The zero-order valence-corrected chi connectivity index (χ0v) is 19.5. The first-order valence-electron chi connectivity index (χ1n) is 12.2. The second-order valence-corrected chi connectivity index (χ2v) is 9.14. The van der Waals surface area contributed by atoms with Crippen LogP contribution in [-0.2, 0) is 17.7 Å². The number of ether oxygens (including phenoxy) is 1. The summed E-state index contributed by atoms with van der Waals surface area (Å²) < 4.78 is 5.63. The van der Waals surface area contributed by atoms with Gasteiger partial charge in [0.25, 0.3) is 0 Å². The van der Waals surface area contributed by atoms with Crippen LogP contribution in [0.15, 0.2) is 29.3 Å². The van der Waals surface area contributed by atoms with E-state index in [0.29, 0.717) is 13.1 Å². The summed E-state index contributed by atoms with van der Waals surface area (Å²) in [6, 6.07) is 8.63. The molecule has 6 heteroatoms. The van der Waals surface area contributed by atoms with Crippen molar-refractivity contribution in [2.24, 2.45) is 10.4 Å². The van der Waals surface area contributed by atoms with E-state index in [1.165, 1.54) is 36.8 Å². The van der Waals surface area contributed by atoms with E-state index in [4.69, 9.17) is 9.73 Å². The number of aliphatic hydroxyl groups excluding tert-OH is 1. The maximum Gasteiger partial charge on any atom is 0.191 e. The van der Waals surface area contributed by atoms with Crippen LogP contribution >= 0.6 is 0 Å². The number of rotatable bonds is 11. The first kappa shape index (κ1) is 24.0. The number of benzene rings is 1. The number of fused-ring (bicyclic) bond motifs is 1. The number of hydrogen-bond donors (Lipinski definition) is 3.